The van der Waals surface area contributed by atoms with Crippen LogP contribution in [0.25, 0.3) is 0 Å². The van der Waals surface area contributed by atoms with Crippen LogP contribution in [-0.2, 0) is 28.3 Å². The third-order valence-electron chi connectivity index (χ3n) is 5.30. The van der Waals surface area contributed by atoms with Crippen LogP contribution < -0.4 is 5.32 Å². The Hall–Kier alpha value is -2.47. The highest BCUT2D eigenvalue weighted by Gasteiger charge is 2.30. The van der Waals surface area contributed by atoms with E-state index in [1.165, 1.54) is 11.8 Å². The van der Waals surface area contributed by atoms with Gasteiger partial charge in [-0.15, -0.1) is 11.8 Å². The standard InChI is InChI=1S/C27H28Cl2N2O2S/c1-2-30-27(33)25(16-20-9-4-3-5-10-20)31(17-21-11-8-13-23(28)15-21)26(32)19-34-18-22-12-6-7-14-24(22)29/h3-15,25H,2,16-19H2,1H3,(H,30,33)/t25-/m0/s1. The van der Waals surface area contributed by atoms with E-state index in [4.69, 9.17) is 23.2 Å². The Kier molecular flexibility index (Phi) is 10.3. The number of halogens is 2. The third-order valence-corrected chi connectivity index (χ3v) is 6.88. The summed E-state index contributed by atoms with van der Waals surface area (Å²) in [4.78, 5) is 28.3. The Morgan fingerprint density at radius 2 is 1.65 bits per heavy atom. The Morgan fingerprint density at radius 1 is 0.941 bits per heavy atom. The van der Waals surface area contributed by atoms with Crippen molar-refractivity contribution in [2.75, 3.05) is 12.3 Å². The molecule has 0 bridgehead atoms. The van der Waals surface area contributed by atoms with E-state index in [0.29, 0.717) is 35.3 Å². The van der Waals surface area contributed by atoms with E-state index in [1.54, 1.807) is 11.0 Å². The Balaban J connectivity index is 1.83. The van der Waals surface area contributed by atoms with Crippen LogP contribution in [0.3, 0.4) is 0 Å². The monoisotopic (exact) mass is 514 g/mol. The summed E-state index contributed by atoms with van der Waals surface area (Å²) < 4.78 is 0. The first-order valence-corrected chi connectivity index (χ1v) is 13.1. The van der Waals surface area contributed by atoms with E-state index >= 15 is 0 Å². The number of benzene rings is 3. The van der Waals surface area contributed by atoms with Gasteiger partial charge in [0.15, 0.2) is 0 Å². The van der Waals surface area contributed by atoms with Gasteiger partial charge in [-0.05, 0) is 41.8 Å². The minimum atomic E-state index is -0.644. The molecule has 0 aliphatic heterocycles. The molecular weight excluding hydrogens is 487 g/mol. The zero-order valence-corrected chi connectivity index (χ0v) is 21.4. The average Bonchev–Trinajstić information content (AvgIpc) is 2.83. The molecule has 0 saturated carbocycles. The second kappa shape index (κ2) is 13.4. The maximum Gasteiger partial charge on any atom is 0.243 e. The number of nitrogens with zero attached hydrogens (tertiary/aromatic N) is 1. The summed E-state index contributed by atoms with van der Waals surface area (Å²) in [5.41, 5.74) is 2.85. The van der Waals surface area contributed by atoms with E-state index in [-0.39, 0.29) is 17.6 Å². The zero-order chi connectivity index (χ0) is 24.3. The lowest BCUT2D eigenvalue weighted by Crippen LogP contribution is -2.51. The second-order valence-electron chi connectivity index (χ2n) is 7.84. The molecule has 34 heavy (non-hydrogen) atoms. The lowest BCUT2D eigenvalue weighted by atomic mass is 10.0. The number of amides is 2. The van der Waals surface area contributed by atoms with Crippen molar-refractivity contribution in [3.05, 3.63) is 106 Å². The van der Waals surface area contributed by atoms with Gasteiger partial charge in [0.1, 0.15) is 6.04 Å². The van der Waals surface area contributed by atoms with Crippen molar-refractivity contribution in [2.45, 2.75) is 31.7 Å². The number of likely N-dealkylation sites (N-methyl/N-ethyl adjacent to an activating group) is 1. The minimum absolute atomic E-state index is 0.107. The fourth-order valence-corrected chi connectivity index (χ4v) is 5.03. The maximum atomic E-state index is 13.5. The van der Waals surface area contributed by atoms with Crippen LogP contribution in [0.2, 0.25) is 10.0 Å². The number of nitrogens with one attached hydrogen (secondary N) is 1. The van der Waals surface area contributed by atoms with Crippen LogP contribution in [0.1, 0.15) is 23.6 Å². The predicted molar refractivity (Wildman–Crippen MR) is 142 cm³/mol. The van der Waals surface area contributed by atoms with Crippen molar-refractivity contribution in [3.63, 3.8) is 0 Å². The molecule has 1 atom stereocenters. The first-order chi connectivity index (χ1) is 16.5. The molecule has 0 unspecified atom stereocenters. The van der Waals surface area contributed by atoms with Gasteiger partial charge in [-0.3, -0.25) is 9.59 Å². The average molecular weight is 516 g/mol. The van der Waals surface area contributed by atoms with Crippen molar-refractivity contribution < 1.29 is 9.59 Å². The molecule has 0 fully saturated rings. The molecule has 0 heterocycles. The predicted octanol–water partition coefficient (Wildman–Crippen LogP) is 6.00. The summed E-state index contributed by atoms with van der Waals surface area (Å²) in [6.45, 7) is 2.66. The van der Waals surface area contributed by atoms with Gasteiger partial charge in [0, 0.05) is 35.3 Å². The van der Waals surface area contributed by atoms with E-state index in [1.807, 2.05) is 79.7 Å². The van der Waals surface area contributed by atoms with E-state index in [9.17, 15) is 9.59 Å². The Morgan fingerprint density at radius 3 is 2.35 bits per heavy atom. The SMILES string of the molecule is CCNC(=O)[C@H](Cc1ccccc1)N(Cc1cccc(Cl)c1)C(=O)CSCc1ccccc1Cl. The van der Waals surface area contributed by atoms with Gasteiger partial charge in [0.05, 0.1) is 5.75 Å². The topological polar surface area (TPSA) is 49.4 Å². The second-order valence-corrected chi connectivity index (χ2v) is 9.67. The van der Waals surface area contributed by atoms with Gasteiger partial charge in [0.2, 0.25) is 11.8 Å². The number of carbonyl (C=O) groups is 2. The fraction of sp³-hybridized carbons (Fsp3) is 0.259. The molecular formula is C27H28Cl2N2O2S. The number of carbonyl (C=O) groups excluding carboxylic acids is 2. The molecule has 3 aromatic carbocycles. The lowest BCUT2D eigenvalue weighted by molar-refractivity contribution is -0.139. The number of thioether (sulfide) groups is 1. The Labute approximate surface area is 215 Å². The number of hydrogen-bond acceptors (Lipinski definition) is 3. The molecule has 0 aliphatic rings. The van der Waals surface area contributed by atoms with Crippen LogP contribution in [-0.4, -0.2) is 35.1 Å². The first kappa shape index (κ1) is 26.1. The number of hydrogen-bond donors (Lipinski definition) is 1. The molecule has 1 N–H and O–H groups in total. The van der Waals surface area contributed by atoms with Crippen LogP contribution >= 0.6 is 35.0 Å². The Bertz CT molecular complexity index is 1090. The molecule has 0 aliphatic carbocycles. The summed E-state index contributed by atoms with van der Waals surface area (Å²) in [6.07, 6.45) is 0.425. The van der Waals surface area contributed by atoms with Gasteiger partial charge in [-0.1, -0.05) is 83.9 Å². The highest BCUT2D eigenvalue weighted by Crippen LogP contribution is 2.23. The summed E-state index contributed by atoms with van der Waals surface area (Å²) in [5.74, 6) is 0.569. The molecule has 0 radical (unpaired) electrons. The van der Waals surface area contributed by atoms with Crippen molar-refractivity contribution in [1.82, 2.24) is 10.2 Å². The molecule has 3 aromatic rings. The highest BCUT2D eigenvalue weighted by atomic mass is 35.5. The van der Waals surface area contributed by atoms with Crippen LogP contribution in [0.15, 0.2) is 78.9 Å². The van der Waals surface area contributed by atoms with Crippen molar-refractivity contribution >= 4 is 46.8 Å². The van der Waals surface area contributed by atoms with Crippen molar-refractivity contribution in [2.24, 2.45) is 0 Å². The van der Waals surface area contributed by atoms with Crippen LogP contribution in [0.5, 0.6) is 0 Å². The highest BCUT2D eigenvalue weighted by molar-refractivity contribution is 7.99. The largest absolute Gasteiger partial charge is 0.355 e. The quantitative estimate of drug-likeness (QED) is 0.341. The van der Waals surface area contributed by atoms with Gasteiger partial charge in [-0.25, -0.2) is 0 Å². The van der Waals surface area contributed by atoms with E-state index in [2.05, 4.69) is 5.32 Å². The molecule has 7 heteroatoms. The van der Waals surface area contributed by atoms with Crippen molar-refractivity contribution in [1.29, 1.82) is 0 Å². The van der Waals surface area contributed by atoms with Gasteiger partial charge in [0.25, 0.3) is 0 Å². The van der Waals surface area contributed by atoms with Gasteiger partial charge >= 0.3 is 0 Å². The van der Waals surface area contributed by atoms with Gasteiger partial charge in [-0.2, -0.15) is 0 Å². The zero-order valence-electron chi connectivity index (χ0n) is 19.0. The van der Waals surface area contributed by atoms with E-state index in [0.717, 1.165) is 16.7 Å². The summed E-state index contributed by atoms with van der Waals surface area (Å²) >= 11 is 13.9. The maximum absolute atomic E-state index is 13.5. The minimum Gasteiger partial charge on any atom is -0.355 e. The summed E-state index contributed by atoms with van der Waals surface area (Å²) in [7, 11) is 0. The summed E-state index contributed by atoms with van der Waals surface area (Å²) in [6, 6.07) is 24.1. The number of rotatable bonds is 11. The summed E-state index contributed by atoms with van der Waals surface area (Å²) in [5, 5.41) is 4.18. The van der Waals surface area contributed by atoms with Crippen molar-refractivity contribution in [3.8, 4) is 0 Å². The molecule has 4 nitrogen and oxygen atoms in total. The molecule has 2 amide bonds. The van der Waals surface area contributed by atoms with Crippen LogP contribution in [0.4, 0.5) is 0 Å². The fourth-order valence-electron chi connectivity index (χ4n) is 3.62. The van der Waals surface area contributed by atoms with E-state index < -0.39 is 6.04 Å². The molecule has 0 aromatic heterocycles. The molecule has 0 saturated heterocycles. The normalized spacial score (nSPS) is 11.6. The first-order valence-electron chi connectivity index (χ1n) is 11.1. The van der Waals surface area contributed by atoms with Crippen LogP contribution in [0, 0.1) is 0 Å². The molecule has 3 rings (SSSR count). The molecule has 178 valence electrons. The van der Waals surface area contributed by atoms with Gasteiger partial charge < -0.3 is 10.2 Å². The molecule has 0 spiro atoms. The third kappa shape index (κ3) is 7.79. The smallest absolute Gasteiger partial charge is 0.243 e. The lowest BCUT2D eigenvalue weighted by Gasteiger charge is -2.31.